The van der Waals surface area contributed by atoms with E-state index in [9.17, 15) is 0 Å². The molecule has 0 aliphatic carbocycles. The SMILES string of the molecule is CCCNCc1cc(C)n(Cc2ccccc2Cl)c1C. The maximum Gasteiger partial charge on any atom is 0.0490 e. The summed E-state index contributed by atoms with van der Waals surface area (Å²) < 4.78 is 2.34. The molecule has 2 aromatic rings. The quantitative estimate of drug-likeness (QED) is 0.785. The van der Waals surface area contributed by atoms with Gasteiger partial charge >= 0.3 is 0 Å². The number of aromatic nitrogens is 1. The highest BCUT2D eigenvalue weighted by Crippen LogP contribution is 2.21. The topological polar surface area (TPSA) is 17.0 Å². The molecular formula is C17H23ClN2. The van der Waals surface area contributed by atoms with Crippen molar-refractivity contribution in [2.75, 3.05) is 6.54 Å². The van der Waals surface area contributed by atoms with Crippen LogP contribution in [0.5, 0.6) is 0 Å². The van der Waals surface area contributed by atoms with E-state index in [0.717, 1.165) is 24.7 Å². The first-order valence-corrected chi connectivity index (χ1v) is 7.61. The summed E-state index contributed by atoms with van der Waals surface area (Å²) in [6, 6.07) is 10.3. The molecule has 0 amide bonds. The molecule has 20 heavy (non-hydrogen) atoms. The van der Waals surface area contributed by atoms with E-state index in [-0.39, 0.29) is 0 Å². The van der Waals surface area contributed by atoms with E-state index in [1.807, 2.05) is 18.2 Å². The third kappa shape index (κ3) is 3.44. The number of hydrogen-bond donors (Lipinski definition) is 1. The molecule has 0 aliphatic heterocycles. The lowest BCUT2D eigenvalue weighted by atomic mass is 10.2. The Labute approximate surface area is 126 Å². The number of hydrogen-bond acceptors (Lipinski definition) is 1. The summed E-state index contributed by atoms with van der Waals surface area (Å²) in [7, 11) is 0. The predicted molar refractivity (Wildman–Crippen MR) is 86.5 cm³/mol. The second kappa shape index (κ2) is 6.96. The molecule has 2 rings (SSSR count). The van der Waals surface area contributed by atoms with Crippen molar-refractivity contribution in [3.63, 3.8) is 0 Å². The Morgan fingerprint density at radius 1 is 1.15 bits per heavy atom. The van der Waals surface area contributed by atoms with Gasteiger partial charge in [0, 0.05) is 29.5 Å². The predicted octanol–water partition coefficient (Wildman–Crippen LogP) is 4.31. The van der Waals surface area contributed by atoms with Crippen LogP contribution in [0.1, 0.15) is 35.9 Å². The van der Waals surface area contributed by atoms with E-state index in [4.69, 9.17) is 11.6 Å². The molecule has 0 fully saturated rings. The second-order valence-corrected chi connectivity index (χ2v) is 5.66. The van der Waals surface area contributed by atoms with Crippen molar-refractivity contribution in [3.05, 3.63) is 57.9 Å². The first kappa shape index (κ1) is 15.1. The van der Waals surface area contributed by atoms with Gasteiger partial charge in [0.25, 0.3) is 0 Å². The van der Waals surface area contributed by atoms with Crippen LogP contribution >= 0.6 is 11.6 Å². The largest absolute Gasteiger partial charge is 0.344 e. The van der Waals surface area contributed by atoms with Gasteiger partial charge in [-0.25, -0.2) is 0 Å². The Morgan fingerprint density at radius 2 is 1.90 bits per heavy atom. The molecule has 1 aromatic heterocycles. The third-order valence-electron chi connectivity index (χ3n) is 3.71. The van der Waals surface area contributed by atoms with Crippen LogP contribution in [-0.4, -0.2) is 11.1 Å². The van der Waals surface area contributed by atoms with Crippen LogP contribution in [0.4, 0.5) is 0 Å². The van der Waals surface area contributed by atoms with Crippen LogP contribution < -0.4 is 5.32 Å². The van der Waals surface area contributed by atoms with Gasteiger partial charge < -0.3 is 9.88 Å². The van der Waals surface area contributed by atoms with Crippen molar-refractivity contribution in [2.24, 2.45) is 0 Å². The molecule has 0 saturated heterocycles. The molecule has 1 N–H and O–H groups in total. The van der Waals surface area contributed by atoms with E-state index < -0.39 is 0 Å². The summed E-state index contributed by atoms with van der Waals surface area (Å²) in [5, 5.41) is 4.31. The Balaban J connectivity index is 2.18. The molecule has 0 radical (unpaired) electrons. The summed E-state index contributed by atoms with van der Waals surface area (Å²) in [5.74, 6) is 0. The van der Waals surface area contributed by atoms with Gasteiger partial charge in [-0.05, 0) is 50.1 Å². The van der Waals surface area contributed by atoms with Gasteiger partial charge in [-0.1, -0.05) is 36.7 Å². The highest BCUT2D eigenvalue weighted by Gasteiger charge is 2.10. The molecule has 3 heteroatoms. The molecule has 0 unspecified atom stereocenters. The Kier molecular flexibility index (Phi) is 5.27. The van der Waals surface area contributed by atoms with E-state index >= 15 is 0 Å². The lowest BCUT2D eigenvalue weighted by molar-refractivity contribution is 0.667. The molecule has 0 aliphatic rings. The van der Waals surface area contributed by atoms with Crippen LogP contribution in [0, 0.1) is 13.8 Å². The van der Waals surface area contributed by atoms with Crippen LogP contribution in [0.25, 0.3) is 0 Å². The minimum Gasteiger partial charge on any atom is -0.344 e. The smallest absolute Gasteiger partial charge is 0.0490 e. The van der Waals surface area contributed by atoms with Crippen LogP contribution in [-0.2, 0) is 13.1 Å². The zero-order chi connectivity index (χ0) is 14.5. The van der Waals surface area contributed by atoms with Gasteiger partial charge in [0.1, 0.15) is 0 Å². The number of nitrogens with one attached hydrogen (secondary N) is 1. The van der Waals surface area contributed by atoms with Gasteiger partial charge in [-0.3, -0.25) is 0 Å². The highest BCUT2D eigenvalue weighted by molar-refractivity contribution is 6.31. The van der Waals surface area contributed by atoms with Crippen LogP contribution in [0.15, 0.2) is 30.3 Å². The van der Waals surface area contributed by atoms with Crippen molar-refractivity contribution in [1.29, 1.82) is 0 Å². The number of nitrogens with zero attached hydrogens (tertiary/aromatic N) is 1. The third-order valence-corrected chi connectivity index (χ3v) is 4.08. The fraction of sp³-hybridized carbons (Fsp3) is 0.412. The first-order valence-electron chi connectivity index (χ1n) is 7.23. The lowest BCUT2D eigenvalue weighted by Gasteiger charge is -2.11. The molecule has 1 aromatic carbocycles. The standard InChI is InChI=1S/C17H23ClN2/c1-4-9-19-11-16-10-13(2)20(14(16)3)12-15-7-5-6-8-17(15)18/h5-8,10,19H,4,9,11-12H2,1-3H3. The number of rotatable bonds is 6. The van der Waals surface area contributed by atoms with Crippen molar-refractivity contribution in [2.45, 2.75) is 40.3 Å². The molecule has 108 valence electrons. The van der Waals surface area contributed by atoms with Crippen LogP contribution in [0.2, 0.25) is 5.02 Å². The highest BCUT2D eigenvalue weighted by atomic mass is 35.5. The normalized spacial score (nSPS) is 11.0. The van der Waals surface area contributed by atoms with Gasteiger partial charge in [0.15, 0.2) is 0 Å². The summed E-state index contributed by atoms with van der Waals surface area (Å²) in [5.41, 5.74) is 5.16. The molecule has 0 atom stereocenters. The zero-order valence-corrected chi connectivity index (χ0v) is 13.3. The maximum atomic E-state index is 6.26. The summed E-state index contributed by atoms with van der Waals surface area (Å²) in [6.45, 7) is 9.38. The second-order valence-electron chi connectivity index (χ2n) is 5.25. The summed E-state index contributed by atoms with van der Waals surface area (Å²) in [6.07, 6.45) is 1.17. The van der Waals surface area contributed by atoms with Crippen LogP contribution in [0.3, 0.4) is 0 Å². The number of halogens is 1. The van der Waals surface area contributed by atoms with Gasteiger partial charge in [0.2, 0.25) is 0 Å². The molecule has 0 saturated carbocycles. The fourth-order valence-electron chi connectivity index (χ4n) is 2.49. The zero-order valence-electron chi connectivity index (χ0n) is 12.5. The summed E-state index contributed by atoms with van der Waals surface area (Å²) in [4.78, 5) is 0. The number of benzene rings is 1. The Hall–Kier alpha value is -1.25. The van der Waals surface area contributed by atoms with E-state index in [2.05, 4.69) is 42.8 Å². The molecular weight excluding hydrogens is 268 g/mol. The summed E-state index contributed by atoms with van der Waals surface area (Å²) >= 11 is 6.26. The van der Waals surface area contributed by atoms with Gasteiger partial charge in [0.05, 0.1) is 0 Å². The molecule has 0 spiro atoms. The number of aryl methyl sites for hydroxylation is 1. The van der Waals surface area contributed by atoms with Crippen molar-refractivity contribution >= 4 is 11.6 Å². The average Bonchev–Trinajstić information content (AvgIpc) is 2.69. The van der Waals surface area contributed by atoms with Gasteiger partial charge in [-0.2, -0.15) is 0 Å². The monoisotopic (exact) mass is 290 g/mol. The van der Waals surface area contributed by atoms with Crippen molar-refractivity contribution in [1.82, 2.24) is 9.88 Å². The Morgan fingerprint density at radius 3 is 2.60 bits per heavy atom. The minimum absolute atomic E-state index is 0.838. The van der Waals surface area contributed by atoms with E-state index in [1.165, 1.54) is 28.9 Å². The maximum absolute atomic E-state index is 6.26. The molecule has 0 bridgehead atoms. The van der Waals surface area contributed by atoms with Crippen molar-refractivity contribution < 1.29 is 0 Å². The fourth-order valence-corrected chi connectivity index (χ4v) is 2.69. The van der Waals surface area contributed by atoms with Gasteiger partial charge in [-0.15, -0.1) is 0 Å². The lowest BCUT2D eigenvalue weighted by Crippen LogP contribution is -2.14. The first-order chi connectivity index (χ1) is 9.63. The minimum atomic E-state index is 0.838. The molecule has 2 nitrogen and oxygen atoms in total. The van der Waals surface area contributed by atoms with E-state index in [0.29, 0.717) is 0 Å². The molecule has 1 heterocycles. The average molecular weight is 291 g/mol. The van der Waals surface area contributed by atoms with E-state index in [1.54, 1.807) is 0 Å². The Bertz CT molecular complexity index is 572. The van der Waals surface area contributed by atoms with Crippen molar-refractivity contribution in [3.8, 4) is 0 Å².